The van der Waals surface area contributed by atoms with Gasteiger partial charge in [-0.2, -0.15) is 0 Å². The van der Waals surface area contributed by atoms with Crippen LogP contribution in [0.3, 0.4) is 0 Å². The SMILES string of the molecule is Cc1cnc(CNC(=O)c2ccccc2O)o1. The molecule has 0 aliphatic carbocycles. The number of para-hydroxylation sites is 1. The zero-order valence-corrected chi connectivity index (χ0v) is 9.30. The third-order valence-electron chi connectivity index (χ3n) is 2.22. The predicted octanol–water partition coefficient (Wildman–Crippen LogP) is 1.62. The number of aryl methyl sites for hydroxylation is 1. The van der Waals surface area contributed by atoms with E-state index in [4.69, 9.17) is 4.42 Å². The molecule has 1 heterocycles. The van der Waals surface area contributed by atoms with Crippen LogP contribution in [0.5, 0.6) is 5.75 Å². The van der Waals surface area contributed by atoms with Crippen molar-refractivity contribution in [2.24, 2.45) is 0 Å². The Kier molecular flexibility index (Phi) is 3.09. The van der Waals surface area contributed by atoms with Crippen molar-refractivity contribution in [3.63, 3.8) is 0 Å². The van der Waals surface area contributed by atoms with Crippen LogP contribution in [-0.2, 0) is 6.54 Å². The average Bonchev–Trinajstić information content (AvgIpc) is 2.73. The molecule has 0 unspecified atom stereocenters. The summed E-state index contributed by atoms with van der Waals surface area (Å²) < 4.78 is 5.21. The Balaban J connectivity index is 2.01. The van der Waals surface area contributed by atoms with E-state index in [1.54, 1.807) is 31.3 Å². The number of aromatic nitrogens is 1. The minimum Gasteiger partial charge on any atom is -0.507 e. The molecule has 1 amide bonds. The van der Waals surface area contributed by atoms with E-state index in [2.05, 4.69) is 10.3 Å². The van der Waals surface area contributed by atoms with E-state index in [1.807, 2.05) is 0 Å². The first-order chi connectivity index (χ1) is 8.16. The number of rotatable bonds is 3. The van der Waals surface area contributed by atoms with E-state index < -0.39 is 0 Å². The monoisotopic (exact) mass is 232 g/mol. The van der Waals surface area contributed by atoms with Crippen molar-refractivity contribution in [1.29, 1.82) is 0 Å². The zero-order valence-electron chi connectivity index (χ0n) is 9.30. The van der Waals surface area contributed by atoms with Gasteiger partial charge in [0.15, 0.2) is 0 Å². The van der Waals surface area contributed by atoms with Crippen molar-refractivity contribution in [3.05, 3.63) is 47.7 Å². The van der Waals surface area contributed by atoms with Gasteiger partial charge in [-0.25, -0.2) is 4.98 Å². The van der Waals surface area contributed by atoms with E-state index in [1.165, 1.54) is 6.07 Å². The summed E-state index contributed by atoms with van der Waals surface area (Å²) in [7, 11) is 0. The second kappa shape index (κ2) is 4.69. The number of phenolic OH excluding ortho intramolecular Hbond substituents is 1. The molecule has 0 spiro atoms. The first kappa shape index (κ1) is 11.2. The highest BCUT2D eigenvalue weighted by atomic mass is 16.4. The van der Waals surface area contributed by atoms with Crippen LogP contribution < -0.4 is 5.32 Å². The maximum absolute atomic E-state index is 11.7. The third kappa shape index (κ3) is 2.63. The van der Waals surface area contributed by atoms with Crippen molar-refractivity contribution < 1.29 is 14.3 Å². The zero-order chi connectivity index (χ0) is 12.3. The van der Waals surface area contributed by atoms with Crippen LogP contribution in [0, 0.1) is 6.92 Å². The quantitative estimate of drug-likeness (QED) is 0.843. The smallest absolute Gasteiger partial charge is 0.255 e. The first-order valence-electron chi connectivity index (χ1n) is 5.14. The van der Waals surface area contributed by atoms with Crippen LogP contribution in [0.25, 0.3) is 0 Å². The molecule has 1 aromatic heterocycles. The Labute approximate surface area is 98.1 Å². The summed E-state index contributed by atoms with van der Waals surface area (Å²) in [4.78, 5) is 15.7. The lowest BCUT2D eigenvalue weighted by Gasteiger charge is -2.04. The van der Waals surface area contributed by atoms with Crippen LogP contribution in [0.1, 0.15) is 22.0 Å². The molecule has 0 radical (unpaired) electrons. The summed E-state index contributed by atoms with van der Waals surface area (Å²) in [6.07, 6.45) is 1.58. The van der Waals surface area contributed by atoms with Gasteiger partial charge in [0.2, 0.25) is 5.89 Å². The lowest BCUT2D eigenvalue weighted by atomic mass is 10.2. The molecule has 2 N–H and O–H groups in total. The molecule has 0 aliphatic heterocycles. The van der Waals surface area contributed by atoms with Gasteiger partial charge in [0.25, 0.3) is 5.91 Å². The number of amides is 1. The normalized spacial score (nSPS) is 10.2. The molecule has 1 aromatic carbocycles. The molecule has 5 heteroatoms. The lowest BCUT2D eigenvalue weighted by Crippen LogP contribution is -2.22. The number of nitrogens with one attached hydrogen (secondary N) is 1. The van der Waals surface area contributed by atoms with Crippen LogP contribution in [0.15, 0.2) is 34.9 Å². The molecule has 17 heavy (non-hydrogen) atoms. The number of benzene rings is 1. The van der Waals surface area contributed by atoms with Gasteiger partial charge in [0.05, 0.1) is 18.3 Å². The van der Waals surface area contributed by atoms with Crippen LogP contribution >= 0.6 is 0 Å². The van der Waals surface area contributed by atoms with Crippen molar-refractivity contribution in [3.8, 4) is 5.75 Å². The number of nitrogens with zero attached hydrogens (tertiary/aromatic N) is 1. The van der Waals surface area contributed by atoms with Gasteiger partial charge in [-0.3, -0.25) is 4.79 Å². The van der Waals surface area contributed by atoms with Crippen LogP contribution in [0.2, 0.25) is 0 Å². The maximum atomic E-state index is 11.7. The molecule has 2 rings (SSSR count). The average molecular weight is 232 g/mol. The van der Waals surface area contributed by atoms with Gasteiger partial charge in [0.1, 0.15) is 11.5 Å². The summed E-state index contributed by atoms with van der Waals surface area (Å²) in [6, 6.07) is 6.35. The maximum Gasteiger partial charge on any atom is 0.255 e. The molecule has 0 aliphatic rings. The molecular formula is C12H12N2O3. The molecule has 5 nitrogen and oxygen atoms in total. The fourth-order valence-corrected chi connectivity index (χ4v) is 1.40. The van der Waals surface area contributed by atoms with Gasteiger partial charge in [0, 0.05) is 0 Å². The molecule has 0 bridgehead atoms. The number of carbonyl (C=O) groups is 1. The summed E-state index contributed by atoms with van der Waals surface area (Å²) in [5.41, 5.74) is 0.232. The van der Waals surface area contributed by atoms with E-state index >= 15 is 0 Å². The second-order valence-corrected chi connectivity index (χ2v) is 3.56. The standard InChI is InChI=1S/C12H12N2O3/c1-8-6-13-11(17-8)7-14-12(16)9-4-2-3-5-10(9)15/h2-6,15H,7H2,1H3,(H,14,16). The number of hydrogen-bond acceptors (Lipinski definition) is 4. The van der Waals surface area contributed by atoms with E-state index in [9.17, 15) is 9.90 Å². The molecule has 0 fully saturated rings. The van der Waals surface area contributed by atoms with E-state index in [0.29, 0.717) is 11.7 Å². The van der Waals surface area contributed by atoms with Gasteiger partial charge < -0.3 is 14.8 Å². The minimum atomic E-state index is -0.362. The Morgan fingerprint density at radius 3 is 2.88 bits per heavy atom. The highest BCUT2D eigenvalue weighted by molar-refractivity contribution is 5.96. The van der Waals surface area contributed by atoms with Crippen molar-refractivity contribution in [2.75, 3.05) is 0 Å². The number of carbonyl (C=O) groups excluding carboxylic acids is 1. The molecule has 88 valence electrons. The van der Waals surface area contributed by atoms with Gasteiger partial charge in [-0.05, 0) is 19.1 Å². The van der Waals surface area contributed by atoms with Gasteiger partial charge in [-0.1, -0.05) is 12.1 Å². The molecular weight excluding hydrogens is 220 g/mol. The summed E-state index contributed by atoms with van der Waals surface area (Å²) in [5, 5.41) is 12.1. The predicted molar refractivity (Wildman–Crippen MR) is 60.5 cm³/mol. The summed E-state index contributed by atoms with van der Waals surface area (Å²) in [6.45, 7) is 1.97. The fourth-order valence-electron chi connectivity index (χ4n) is 1.40. The fraction of sp³-hybridized carbons (Fsp3) is 0.167. The summed E-state index contributed by atoms with van der Waals surface area (Å²) >= 11 is 0. The van der Waals surface area contributed by atoms with Crippen LogP contribution in [-0.4, -0.2) is 16.0 Å². The molecule has 0 atom stereocenters. The van der Waals surface area contributed by atoms with Gasteiger partial charge >= 0.3 is 0 Å². The van der Waals surface area contributed by atoms with Gasteiger partial charge in [-0.15, -0.1) is 0 Å². The molecule has 0 saturated heterocycles. The van der Waals surface area contributed by atoms with E-state index in [0.717, 1.165) is 0 Å². The Morgan fingerprint density at radius 1 is 1.47 bits per heavy atom. The largest absolute Gasteiger partial charge is 0.507 e. The van der Waals surface area contributed by atoms with E-state index in [-0.39, 0.29) is 23.8 Å². The lowest BCUT2D eigenvalue weighted by molar-refractivity contribution is 0.0944. The summed E-state index contributed by atoms with van der Waals surface area (Å²) in [5.74, 6) is 0.718. The number of hydrogen-bond donors (Lipinski definition) is 2. The Bertz CT molecular complexity index is 534. The first-order valence-corrected chi connectivity index (χ1v) is 5.14. The second-order valence-electron chi connectivity index (χ2n) is 3.56. The van der Waals surface area contributed by atoms with Crippen molar-refractivity contribution >= 4 is 5.91 Å². The Hall–Kier alpha value is -2.30. The highest BCUT2D eigenvalue weighted by Crippen LogP contribution is 2.15. The van der Waals surface area contributed by atoms with Crippen molar-refractivity contribution in [1.82, 2.24) is 10.3 Å². The van der Waals surface area contributed by atoms with Crippen molar-refractivity contribution in [2.45, 2.75) is 13.5 Å². The molecule has 0 saturated carbocycles. The number of aromatic hydroxyl groups is 1. The van der Waals surface area contributed by atoms with Crippen LogP contribution in [0.4, 0.5) is 0 Å². The Morgan fingerprint density at radius 2 is 2.24 bits per heavy atom. The third-order valence-corrected chi connectivity index (χ3v) is 2.22. The molecule has 2 aromatic rings. The number of oxazole rings is 1. The number of phenols is 1. The topological polar surface area (TPSA) is 75.4 Å². The highest BCUT2D eigenvalue weighted by Gasteiger charge is 2.10. The minimum absolute atomic E-state index is 0.0476.